The van der Waals surface area contributed by atoms with Crippen LogP contribution < -0.4 is 5.73 Å². The maximum Gasteiger partial charge on any atom is 0.0605 e. The van der Waals surface area contributed by atoms with Crippen LogP contribution in [-0.4, -0.2) is 23.7 Å². The molecule has 4 atom stereocenters. The SMILES string of the molecule is CCC(C)N1CCC2CCCCC2C1N. The van der Waals surface area contributed by atoms with Gasteiger partial charge >= 0.3 is 0 Å². The standard InChI is InChI=1S/C13H26N2/c1-3-10(2)15-9-8-11-6-4-5-7-12(11)13(15)14/h10-13H,3-9,14H2,1-2H3. The van der Waals surface area contributed by atoms with Crippen LogP contribution in [0, 0.1) is 11.8 Å². The summed E-state index contributed by atoms with van der Waals surface area (Å²) in [6.07, 6.45) is 8.62. The molecule has 1 saturated heterocycles. The molecule has 0 bridgehead atoms. The van der Waals surface area contributed by atoms with Crippen molar-refractivity contribution in [2.75, 3.05) is 6.54 Å². The van der Waals surface area contributed by atoms with E-state index in [2.05, 4.69) is 18.7 Å². The Morgan fingerprint density at radius 2 is 2.00 bits per heavy atom. The Morgan fingerprint density at radius 3 is 2.73 bits per heavy atom. The molecule has 1 aliphatic heterocycles. The average molecular weight is 210 g/mol. The molecule has 1 heterocycles. The number of fused-ring (bicyclic) bond motifs is 1. The Morgan fingerprint density at radius 1 is 1.27 bits per heavy atom. The molecule has 88 valence electrons. The molecule has 0 amide bonds. The largest absolute Gasteiger partial charge is 0.315 e. The summed E-state index contributed by atoms with van der Waals surface area (Å²) in [4.78, 5) is 2.55. The first-order chi connectivity index (χ1) is 7.24. The van der Waals surface area contributed by atoms with Gasteiger partial charge in [0.2, 0.25) is 0 Å². The third-order valence-corrected chi connectivity index (χ3v) is 4.70. The highest BCUT2D eigenvalue weighted by molar-refractivity contribution is 4.90. The van der Waals surface area contributed by atoms with Crippen molar-refractivity contribution in [1.82, 2.24) is 4.90 Å². The lowest BCUT2D eigenvalue weighted by Gasteiger charge is -2.48. The van der Waals surface area contributed by atoms with Crippen molar-refractivity contribution >= 4 is 0 Å². The normalized spacial score (nSPS) is 39.8. The van der Waals surface area contributed by atoms with Gasteiger partial charge in [-0.15, -0.1) is 0 Å². The minimum atomic E-state index is 0.346. The Balaban J connectivity index is 2.01. The fourth-order valence-corrected chi connectivity index (χ4v) is 3.50. The zero-order chi connectivity index (χ0) is 10.8. The molecule has 0 radical (unpaired) electrons. The van der Waals surface area contributed by atoms with Crippen LogP contribution in [0.25, 0.3) is 0 Å². The van der Waals surface area contributed by atoms with E-state index >= 15 is 0 Å². The molecule has 2 rings (SSSR count). The van der Waals surface area contributed by atoms with Crippen molar-refractivity contribution in [3.05, 3.63) is 0 Å². The monoisotopic (exact) mass is 210 g/mol. The molecule has 1 saturated carbocycles. The second-order valence-corrected chi connectivity index (χ2v) is 5.48. The van der Waals surface area contributed by atoms with E-state index in [1.54, 1.807) is 0 Å². The molecule has 2 aliphatic rings. The van der Waals surface area contributed by atoms with Crippen LogP contribution in [0.2, 0.25) is 0 Å². The molecule has 0 aromatic rings. The predicted molar refractivity (Wildman–Crippen MR) is 64.5 cm³/mol. The van der Waals surface area contributed by atoms with Gasteiger partial charge in [-0.25, -0.2) is 0 Å². The molecule has 0 aromatic carbocycles. The lowest BCUT2D eigenvalue weighted by molar-refractivity contribution is 0.00270. The molecule has 15 heavy (non-hydrogen) atoms. The summed E-state index contributed by atoms with van der Waals surface area (Å²) in [7, 11) is 0. The van der Waals surface area contributed by atoms with Crippen LogP contribution in [0.4, 0.5) is 0 Å². The van der Waals surface area contributed by atoms with E-state index < -0.39 is 0 Å². The van der Waals surface area contributed by atoms with E-state index in [1.165, 1.54) is 45.1 Å². The summed E-state index contributed by atoms with van der Waals surface area (Å²) >= 11 is 0. The third kappa shape index (κ3) is 2.21. The van der Waals surface area contributed by atoms with Crippen molar-refractivity contribution in [2.24, 2.45) is 17.6 Å². The first-order valence-corrected chi connectivity index (χ1v) is 6.75. The minimum Gasteiger partial charge on any atom is -0.315 e. The number of rotatable bonds is 2. The Bertz CT molecular complexity index is 203. The van der Waals surface area contributed by atoms with E-state index in [9.17, 15) is 0 Å². The third-order valence-electron chi connectivity index (χ3n) is 4.70. The summed E-state index contributed by atoms with van der Waals surface area (Å²) in [5.41, 5.74) is 6.44. The molecule has 2 N–H and O–H groups in total. The lowest BCUT2D eigenvalue weighted by Crippen LogP contribution is -2.57. The van der Waals surface area contributed by atoms with Crippen LogP contribution in [0.5, 0.6) is 0 Å². The van der Waals surface area contributed by atoms with Crippen molar-refractivity contribution in [3.8, 4) is 0 Å². The van der Waals surface area contributed by atoms with Gasteiger partial charge in [0, 0.05) is 12.6 Å². The van der Waals surface area contributed by atoms with E-state index in [0.717, 1.165) is 11.8 Å². The molecular weight excluding hydrogens is 184 g/mol. The number of hydrogen-bond donors (Lipinski definition) is 1. The summed E-state index contributed by atoms with van der Waals surface area (Å²) in [6, 6.07) is 0.669. The van der Waals surface area contributed by atoms with Crippen LogP contribution >= 0.6 is 0 Å². The maximum absolute atomic E-state index is 6.44. The van der Waals surface area contributed by atoms with E-state index in [-0.39, 0.29) is 0 Å². The number of nitrogens with zero attached hydrogens (tertiary/aromatic N) is 1. The van der Waals surface area contributed by atoms with Gasteiger partial charge in [0.05, 0.1) is 6.17 Å². The Hall–Kier alpha value is -0.0800. The first kappa shape index (κ1) is 11.4. The second kappa shape index (κ2) is 4.84. The maximum atomic E-state index is 6.44. The van der Waals surface area contributed by atoms with Crippen molar-refractivity contribution in [2.45, 2.75) is 64.6 Å². The number of hydrogen-bond acceptors (Lipinski definition) is 2. The van der Waals surface area contributed by atoms with Crippen LogP contribution in [0.15, 0.2) is 0 Å². The average Bonchev–Trinajstić information content (AvgIpc) is 2.29. The number of piperidine rings is 1. The topological polar surface area (TPSA) is 29.3 Å². The molecule has 0 aromatic heterocycles. The van der Waals surface area contributed by atoms with Crippen molar-refractivity contribution in [3.63, 3.8) is 0 Å². The lowest BCUT2D eigenvalue weighted by atomic mass is 9.73. The highest BCUT2D eigenvalue weighted by atomic mass is 15.3. The quantitative estimate of drug-likeness (QED) is 0.759. The summed E-state index contributed by atoms with van der Waals surface area (Å²) in [6.45, 7) is 5.82. The van der Waals surface area contributed by atoms with Crippen LogP contribution in [0.1, 0.15) is 52.4 Å². The predicted octanol–water partition coefficient (Wildman–Crippen LogP) is 2.58. The fraction of sp³-hybridized carbons (Fsp3) is 1.00. The summed E-state index contributed by atoms with van der Waals surface area (Å²) in [5.74, 6) is 1.73. The fourth-order valence-electron chi connectivity index (χ4n) is 3.50. The van der Waals surface area contributed by atoms with Crippen molar-refractivity contribution < 1.29 is 0 Å². The molecule has 4 unspecified atom stereocenters. The Kier molecular flexibility index (Phi) is 3.68. The number of likely N-dealkylation sites (tertiary alicyclic amines) is 1. The Labute approximate surface area is 94.2 Å². The van der Waals surface area contributed by atoms with Gasteiger partial charge in [-0.2, -0.15) is 0 Å². The van der Waals surface area contributed by atoms with Gasteiger partial charge in [0.1, 0.15) is 0 Å². The first-order valence-electron chi connectivity index (χ1n) is 6.75. The second-order valence-electron chi connectivity index (χ2n) is 5.48. The van der Waals surface area contributed by atoms with Gasteiger partial charge in [0.15, 0.2) is 0 Å². The van der Waals surface area contributed by atoms with Gasteiger partial charge in [-0.3, -0.25) is 4.90 Å². The molecular formula is C13H26N2. The van der Waals surface area contributed by atoms with Gasteiger partial charge in [0.25, 0.3) is 0 Å². The smallest absolute Gasteiger partial charge is 0.0605 e. The molecule has 2 nitrogen and oxygen atoms in total. The highest BCUT2D eigenvalue weighted by Gasteiger charge is 2.38. The van der Waals surface area contributed by atoms with Crippen LogP contribution in [0.3, 0.4) is 0 Å². The van der Waals surface area contributed by atoms with Gasteiger partial charge in [-0.1, -0.05) is 26.2 Å². The molecule has 1 aliphatic carbocycles. The zero-order valence-corrected chi connectivity index (χ0v) is 10.3. The number of nitrogens with two attached hydrogens (primary N) is 1. The molecule has 0 spiro atoms. The van der Waals surface area contributed by atoms with Crippen LogP contribution in [-0.2, 0) is 0 Å². The highest BCUT2D eigenvalue weighted by Crippen LogP contribution is 2.38. The van der Waals surface area contributed by atoms with Crippen molar-refractivity contribution in [1.29, 1.82) is 0 Å². The molecule has 2 fully saturated rings. The van der Waals surface area contributed by atoms with Gasteiger partial charge in [-0.05, 0) is 38.0 Å². The zero-order valence-electron chi connectivity index (χ0n) is 10.3. The minimum absolute atomic E-state index is 0.346. The molecule has 2 heteroatoms. The van der Waals surface area contributed by atoms with E-state index in [1.807, 2.05) is 0 Å². The van der Waals surface area contributed by atoms with E-state index in [4.69, 9.17) is 5.73 Å². The summed E-state index contributed by atoms with van der Waals surface area (Å²) < 4.78 is 0. The summed E-state index contributed by atoms with van der Waals surface area (Å²) in [5, 5.41) is 0. The van der Waals surface area contributed by atoms with Gasteiger partial charge < -0.3 is 5.73 Å². The van der Waals surface area contributed by atoms with E-state index in [0.29, 0.717) is 12.2 Å².